The molecule has 0 radical (unpaired) electrons. The molecule has 0 heterocycles. The van der Waals surface area contributed by atoms with Crippen LogP contribution < -0.4 is 20.1 Å². The van der Waals surface area contributed by atoms with Crippen molar-refractivity contribution >= 4 is 90.6 Å². The van der Waals surface area contributed by atoms with E-state index in [1.165, 1.54) is 74.5 Å². The zero-order valence-electron chi connectivity index (χ0n) is 28.8. The molecular formula is C35H30N4O13S4. The Morgan fingerprint density at radius 3 is 1.14 bits per heavy atom. The number of aryl methyl sites for hydroxylation is 2. The summed E-state index contributed by atoms with van der Waals surface area (Å²) in [6.07, 6.45) is 0. The summed E-state index contributed by atoms with van der Waals surface area (Å²) >= 11 is 0. The highest BCUT2D eigenvalue weighted by Gasteiger charge is 2.21. The number of phenols is 2. The molecule has 0 aliphatic rings. The van der Waals surface area contributed by atoms with E-state index in [-0.39, 0.29) is 43.3 Å². The normalized spacial score (nSPS) is 12.4. The molecule has 0 saturated carbocycles. The average Bonchev–Trinajstić information content (AvgIpc) is 3.09. The van der Waals surface area contributed by atoms with Gasteiger partial charge >= 0.3 is 6.03 Å². The molecule has 6 rings (SSSR count). The van der Waals surface area contributed by atoms with E-state index in [2.05, 4.69) is 20.1 Å². The zero-order valence-corrected chi connectivity index (χ0v) is 32.1. The van der Waals surface area contributed by atoms with Crippen molar-refractivity contribution in [3.8, 4) is 11.5 Å². The highest BCUT2D eigenvalue weighted by atomic mass is 32.2. The fourth-order valence-corrected chi connectivity index (χ4v) is 8.91. The maximum atomic E-state index is 13.2. The molecule has 0 atom stereocenters. The Kier molecular flexibility index (Phi) is 10.1. The third kappa shape index (κ3) is 8.46. The number of sulfonamides is 2. The number of fused-ring (bicyclic) bond motifs is 2. The molecule has 0 unspecified atom stereocenters. The Morgan fingerprint density at radius 2 is 0.804 bits per heavy atom. The Balaban J connectivity index is 1.13. The number of benzene rings is 6. The molecule has 8 N–H and O–H groups in total. The van der Waals surface area contributed by atoms with Crippen LogP contribution in [0.1, 0.15) is 11.1 Å². The molecular weight excluding hydrogens is 813 g/mol. The van der Waals surface area contributed by atoms with E-state index in [0.717, 1.165) is 36.4 Å². The van der Waals surface area contributed by atoms with Gasteiger partial charge in [0.25, 0.3) is 40.3 Å². The van der Waals surface area contributed by atoms with Gasteiger partial charge in [0.1, 0.15) is 11.5 Å². The van der Waals surface area contributed by atoms with Gasteiger partial charge in [-0.2, -0.15) is 16.8 Å². The summed E-state index contributed by atoms with van der Waals surface area (Å²) in [5.41, 5.74) is 0.733. The maximum absolute atomic E-state index is 13.2. The molecule has 17 nitrogen and oxygen atoms in total. The first-order chi connectivity index (χ1) is 26.0. The fourth-order valence-electron chi connectivity index (χ4n) is 5.58. The molecule has 21 heteroatoms. The molecule has 0 fully saturated rings. The van der Waals surface area contributed by atoms with Crippen LogP contribution in [0.4, 0.5) is 27.5 Å². The van der Waals surface area contributed by atoms with Crippen LogP contribution in [0, 0.1) is 13.8 Å². The number of amides is 2. The van der Waals surface area contributed by atoms with Gasteiger partial charge in [-0.15, -0.1) is 0 Å². The van der Waals surface area contributed by atoms with Gasteiger partial charge in [-0.25, -0.2) is 21.6 Å². The van der Waals surface area contributed by atoms with Gasteiger partial charge in [0.15, 0.2) is 0 Å². The van der Waals surface area contributed by atoms with Gasteiger partial charge in [0.05, 0.1) is 31.0 Å². The van der Waals surface area contributed by atoms with E-state index in [0.29, 0.717) is 21.9 Å². The number of carbonyl (C=O) groups is 1. The number of phenolic OH excluding ortho intramolecular Hbond substituents is 2. The van der Waals surface area contributed by atoms with E-state index >= 15 is 0 Å². The molecule has 0 aliphatic carbocycles. The Hall–Kier alpha value is -5.97. The molecule has 6 aromatic rings. The van der Waals surface area contributed by atoms with Crippen molar-refractivity contribution in [1.82, 2.24) is 0 Å². The molecule has 0 spiro atoms. The Bertz CT molecular complexity index is 2880. The summed E-state index contributed by atoms with van der Waals surface area (Å²) in [7, 11) is -17.6. The Morgan fingerprint density at radius 1 is 0.446 bits per heavy atom. The number of nitrogens with one attached hydrogen (secondary N) is 4. The number of rotatable bonds is 10. The number of carbonyl (C=O) groups excluding carboxylic acids is 1. The number of urea groups is 1. The second-order valence-corrected chi connectivity index (χ2v) is 18.7. The largest absolute Gasteiger partial charge is 0.506 e. The van der Waals surface area contributed by atoms with Crippen LogP contribution in [0.5, 0.6) is 11.5 Å². The van der Waals surface area contributed by atoms with E-state index in [9.17, 15) is 57.8 Å². The number of aromatic hydroxyl groups is 2. The minimum atomic E-state index is -4.51. The molecule has 0 aromatic heterocycles. The summed E-state index contributed by atoms with van der Waals surface area (Å²) in [6, 6.07) is 18.9. The third-order valence-electron chi connectivity index (χ3n) is 8.45. The molecule has 0 bridgehead atoms. The van der Waals surface area contributed by atoms with Crippen molar-refractivity contribution in [1.29, 1.82) is 0 Å². The van der Waals surface area contributed by atoms with E-state index in [4.69, 9.17) is 0 Å². The topological polar surface area (TPSA) is 283 Å². The van der Waals surface area contributed by atoms with Gasteiger partial charge < -0.3 is 20.8 Å². The zero-order chi connectivity index (χ0) is 41.0. The fraction of sp³-hybridized carbons (Fsp3) is 0.0571. The van der Waals surface area contributed by atoms with Gasteiger partial charge in [-0.3, -0.25) is 18.5 Å². The lowest BCUT2D eigenvalue weighted by Crippen LogP contribution is -2.21. The van der Waals surface area contributed by atoms with Gasteiger partial charge in [0.2, 0.25) is 0 Å². The van der Waals surface area contributed by atoms with Crippen LogP contribution in [0.15, 0.2) is 117 Å². The van der Waals surface area contributed by atoms with Crippen LogP contribution in [0.25, 0.3) is 21.5 Å². The van der Waals surface area contributed by atoms with Crippen LogP contribution in [-0.2, 0) is 40.3 Å². The van der Waals surface area contributed by atoms with E-state index in [1.54, 1.807) is 0 Å². The predicted molar refractivity (Wildman–Crippen MR) is 207 cm³/mol. The van der Waals surface area contributed by atoms with Crippen molar-refractivity contribution < 1.29 is 57.8 Å². The van der Waals surface area contributed by atoms with Crippen molar-refractivity contribution in [2.75, 3.05) is 20.1 Å². The van der Waals surface area contributed by atoms with E-state index in [1.807, 2.05) is 0 Å². The molecule has 0 aliphatic heterocycles. The summed E-state index contributed by atoms with van der Waals surface area (Å²) in [5.74, 6) is -1.02. The first kappa shape index (κ1) is 39.7. The summed E-state index contributed by atoms with van der Waals surface area (Å²) in [6.45, 7) is 3.08. The average molecular weight is 843 g/mol. The SMILES string of the molecule is Cc1cc(S(=O)(=O)Nc2cc3ccc(S(=O)(=O)O)cc3cc2O)ccc1NC(=O)Nc1ccc(S(=O)(=O)Nc2cc3ccc(S(=O)(=O)O)cc3cc2O)cc1C. The molecule has 56 heavy (non-hydrogen) atoms. The number of hydrogen-bond donors (Lipinski definition) is 8. The first-order valence-electron chi connectivity index (χ1n) is 15.8. The summed E-state index contributed by atoms with van der Waals surface area (Å²) in [4.78, 5) is 11.7. The highest BCUT2D eigenvalue weighted by Crippen LogP contribution is 2.35. The predicted octanol–water partition coefficient (Wildman–Crippen LogP) is 5.76. The van der Waals surface area contributed by atoms with Crippen molar-refractivity contribution in [2.45, 2.75) is 33.4 Å². The van der Waals surface area contributed by atoms with Gasteiger partial charge in [0, 0.05) is 11.4 Å². The van der Waals surface area contributed by atoms with Crippen molar-refractivity contribution in [3.63, 3.8) is 0 Å². The third-order valence-corrected chi connectivity index (χ3v) is 12.9. The maximum Gasteiger partial charge on any atom is 0.323 e. The Labute approximate surface area is 320 Å². The molecule has 6 aromatic carbocycles. The van der Waals surface area contributed by atoms with Gasteiger partial charge in [-0.1, -0.05) is 12.1 Å². The second kappa shape index (κ2) is 14.3. The number of hydrogen-bond acceptors (Lipinski definition) is 11. The van der Waals surface area contributed by atoms with Crippen LogP contribution in [0.3, 0.4) is 0 Å². The lowest BCUT2D eigenvalue weighted by molar-refractivity contribution is 0.262. The van der Waals surface area contributed by atoms with E-state index < -0.39 is 67.6 Å². The summed E-state index contributed by atoms with van der Waals surface area (Å²) < 4.78 is 122. The standard InChI is InChI=1S/C35H30N4O13S4/c1-19-11-25(53(43,44)38-31-15-21-3-5-27(55(47,48)49)13-23(21)17-33(31)40)7-9-29(19)36-35(42)37-30-10-8-26(12-20(30)2)54(45,46)39-32-16-22-4-6-28(56(50,51)52)14-24(22)18-34(32)41/h3-18,38-41H,1-2H3,(H2,36,37,42)(H,47,48,49)(H,50,51,52). The van der Waals surface area contributed by atoms with Crippen LogP contribution in [0.2, 0.25) is 0 Å². The lowest BCUT2D eigenvalue weighted by Gasteiger charge is -2.15. The smallest absolute Gasteiger partial charge is 0.323 e. The monoisotopic (exact) mass is 842 g/mol. The van der Waals surface area contributed by atoms with Crippen molar-refractivity contribution in [2.24, 2.45) is 0 Å². The highest BCUT2D eigenvalue weighted by molar-refractivity contribution is 7.93. The van der Waals surface area contributed by atoms with Crippen LogP contribution >= 0.6 is 0 Å². The number of anilines is 4. The van der Waals surface area contributed by atoms with Gasteiger partial charge in [-0.05, 0) is 131 Å². The molecule has 2 amide bonds. The summed E-state index contributed by atoms with van der Waals surface area (Å²) in [5, 5.41) is 27.3. The first-order valence-corrected chi connectivity index (χ1v) is 21.7. The molecule has 0 saturated heterocycles. The van der Waals surface area contributed by atoms with Crippen molar-refractivity contribution in [3.05, 3.63) is 108 Å². The quantitative estimate of drug-likeness (QED) is 0.0602. The minimum absolute atomic E-state index is 0.202. The lowest BCUT2D eigenvalue weighted by atomic mass is 10.1. The second-order valence-electron chi connectivity index (χ2n) is 12.5. The minimum Gasteiger partial charge on any atom is -0.506 e. The molecule has 292 valence electrons. The van der Waals surface area contributed by atoms with Crippen LogP contribution in [-0.4, -0.2) is 59.0 Å².